The van der Waals surface area contributed by atoms with Crippen LogP contribution in [0.2, 0.25) is 0 Å². The summed E-state index contributed by atoms with van der Waals surface area (Å²) >= 11 is 4.88. The summed E-state index contributed by atoms with van der Waals surface area (Å²) in [6.45, 7) is 5.24. The van der Waals surface area contributed by atoms with E-state index in [1.807, 2.05) is 0 Å². The van der Waals surface area contributed by atoms with E-state index in [4.69, 9.17) is 16.3 Å². The molecule has 0 aromatic carbocycles. The average Bonchev–Trinajstić information content (AvgIpc) is 1.81. The Kier molecular flexibility index (Phi) is 4.77. The lowest BCUT2D eigenvalue weighted by atomic mass is 10.2. The Balaban J connectivity index is 3.59. The van der Waals surface area contributed by atoms with Gasteiger partial charge in [0.1, 0.15) is 12.2 Å². The number of hydrogen-bond donors (Lipinski definition) is 0. The van der Waals surface area contributed by atoms with Crippen LogP contribution in [0.15, 0.2) is 0 Å². The summed E-state index contributed by atoms with van der Waals surface area (Å²) in [5.74, 6) is -0.412. The second kappa shape index (κ2) is 5.07. The maximum atomic E-state index is 11.0. The molecule has 0 radical (unpaired) electrons. The molecular weight excluding hydrogens is 196 g/mol. The van der Waals surface area contributed by atoms with E-state index in [0.717, 1.165) is 0 Å². The highest BCUT2D eigenvalue weighted by Crippen LogP contribution is 2.08. The highest BCUT2D eigenvalue weighted by Gasteiger charge is 2.16. The van der Waals surface area contributed by atoms with E-state index in [9.17, 15) is 9.59 Å². The van der Waals surface area contributed by atoms with E-state index >= 15 is 0 Å². The number of rotatable bonds is 3. The van der Waals surface area contributed by atoms with Gasteiger partial charge in [-0.05, 0) is 20.8 Å². The molecule has 13 heavy (non-hydrogen) atoms. The number of carbonyl (C=O) groups excluding carboxylic acids is 2. The molecule has 4 nitrogen and oxygen atoms in total. The quantitative estimate of drug-likeness (QED) is 0.527. The molecule has 0 spiro atoms. The van der Waals surface area contributed by atoms with E-state index in [0.29, 0.717) is 0 Å². The van der Waals surface area contributed by atoms with Gasteiger partial charge in [0.25, 0.3) is 0 Å². The van der Waals surface area contributed by atoms with Gasteiger partial charge in [-0.3, -0.25) is 4.79 Å². The van der Waals surface area contributed by atoms with Gasteiger partial charge in [0.15, 0.2) is 0 Å². The molecular formula is C8H13ClO4. The SMILES string of the molecule is CC(C)(C)OC(=O)CCOC(=O)Cl. The molecule has 76 valence electrons. The van der Waals surface area contributed by atoms with Crippen molar-refractivity contribution in [2.75, 3.05) is 6.61 Å². The molecule has 0 saturated heterocycles. The van der Waals surface area contributed by atoms with Crippen LogP contribution in [0.3, 0.4) is 0 Å². The topological polar surface area (TPSA) is 52.6 Å². The predicted octanol–water partition coefficient (Wildman–Crippen LogP) is 2.09. The van der Waals surface area contributed by atoms with Crippen LogP contribution in [0.25, 0.3) is 0 Å². The number of halogens is 1. The van der Waals surface area contributed by atoms with E-state index in [-0.39, 0.29) is 13.0 Å². The van der Waals surface area contributed by atoms with Gasteiger partial charge in [-0.2, -0.15) is 0 Å². The molecule has 0 N–H and O–H groups in total. The third kappa shape index (κ3) is 9.14. The molecule has 5 heteroatoms. The van der Waals surface area contributed by atoms with Gasteiger partial charge in [-0.25, -0.2) is 4.79 Å². The molecule has 0 saturated carbocycles. The van der Waals surface area contributed by atoms with Crippen molar-refractivity contribution >= 4 is 23.0 Å². The van der Waals surface area contributed by atoms with Crippen LogP contribution in [0.1, 0.15) is 27.2 Å². The fourth-order valence-corrected chi connectivity index (χ4v) is 0.684. The zero-order chi connectivity index (χ0) is 10.5. The van der Waals surface area contributed by atoms with Crippen molar-refractivity contribution in [2.45, 2.75) is 32.8 Å². The van der Waals surface area contributed by atoms with Crippen molar-refractivity contribution in [2.24, 2.45) is 0 Å². The van der Waals surface area contributed by atoms with Crippen molar-refractivity contribution in [1.82, 2.24) is 0 Å². The fourth-order valence-electron chi connectivity index (χ4n) is 0.607. The maximum absolute atomic E-state index is 11.0. The monoisotopic (exact) mass is 208 g/mol. The Hall–Kier alpha value is -0.770. The Bertz CT molecular complexity index is 195. The standard InChI is InChI=1S/C8H13ClO4/c1-8(2,3)13-6(10)4-5-12-7(9)11/h4-5H2,1-3H3. The van der Waals surface area contributed by atoms with Gasteiger partial charge < -0.3 is 9.47 Å². The van der Waals surface area contributed by atoms with Crippen LogP contribution in [-0.2, 0) is 14.3 Å². The van der Waals surface area contributed by atoms with Gasteiger partial charge >= 0.3 is 11.4 Å². The maximum Gasteiger partial charge on any atom is 0.403 e. The van der Waals surface area contributed by atoms with Gasteiger partial charge in [-0.1, -0.05) is 0 Å². The fraction of sp³-hybridized carbons (Fsp3) is 0.750. The highest BCUT2D eigenvalue weighted by atomic mass is 35.5. The molecule has 0 unspecified atom stereocenters. The summed E-state index contributed by atoms with van der Waals surface area (Å²) in [4.78, 5) is 21.1. The molecule has 0 amide bonds. The number of ether oxygens (including phenoxy) is 2. The first kappa shape index (κ1) is 12.2. The van der Waals surface area contributed by atoms with E-state index in [1.54, 1.807) is 20.8 Å². The molecule has 0 heterocycles. The second-order valence-corrected chi connectivity index (χ2v) is 3.73. The van der Waals surface area contributed by atoms with Gasteiger partial charge in [0, 0.05) is 11.6 Å². The molecule has 0 aromatic rings. The summed E-state index contributed by atoms with van der Waals surface area (Å²) in [6.07, 6.45) is 0.0235. The molecule has 0 aliphatic rings. The molecule has 0 fully saturated rings. The van der Waals surface area contributed by atoms with Crippen molar-refractivity contribution in [1.29, 1.82) is 0 Å². The van der Waals surface area contributed by atoms with Crippen LogP contribution in [0.4, 0.5) is 4.79 Å². The van der Waals surface area contributed by atoms with Crippen molar-refractivity contribution in [3.05, 3.63) is 0 Å². The zero-order valence-electron chi connectivity index (χ0n) is 7.93. The smallest absolute Gasteiger partial charge is 0.403 e. The Morgan fingerprint density at radius 3 is 2.23 bits per heavy atom. The van der Waals surface area contributed by atoms with E-state index in [1.165, 1.54) is 0 Å². The molecule has 0 bridgehead atoms. The Morgan fingerprint density at radius 2 is 1.85 bits per heavy atom. The first-order chi connectivity index (χ1) is 5.81. The van der Waals surface area contributed by atoms with Crippen LogP contribution in [-0.4, -0.2) is 23.6 Å². The largest absolute Gasteiger partial charge is 0.460 e. The second-order valence-electron chi connectivity index (χ2n) is 3.42. The zero-order valence-corrected chi connectivity index (χ0v) is 8.68. The first-order valence-corrected chi connectivity index (χ1v) is 4.23. The van der Waals surface area contributed by atoms with Crippen LogP contribution >= 0.6 is 11.6 Å². The Morgan fingerprint density at radius 1 is 1.31 bits per heavy atom. The van der Waals surface area contributed by atoms with Gasteiger partial charge in [0.05, 0.1) is 6.42 Å². The predicted molar refractivity (Wildman–Crippen MR) is 47.7 cm³/mol. The molecule has 0 atom stereocenters. The highest BCUT2D eigenvalue weighted by molar-refractivity contribution is 6.61. The molecule has 0 rings (SSSR count). The summed E-state index contributed by atoms with van der Waals surface area (Å²) in [6, 6.07) is 0. The molecule has 0 aromatic heterocycles. The van der Waals surface area contributed by atoms with Crippen molar-refractivity contribution in [3.8, 4) is 0 Å². The minimum absolute atomic E-state index is 0.0235. The third-order valence-electron chi connectivity index (χ3n) is 0.942. The minimum Gasteiger partial charge on any atom is -0.460 e. The number of esters is 1. The normalized spacial score (nSPS) is 10.8. The van der Waals surface area contributed by atoms with Crippen LogP contribution in [0.5, 0.6) is 0 Å². The minimum atomic E-state index is -0.913. The van der Waals surface area contributed by atoms with Crippen molar-refractivity contribution < 1.29 is 19.1 Å². The van der Waals surface area contributed by atoms with Crippen molar-refractivity contribution in [3.63, 3.8) is 0 Å². The van der Waals surface area contributed by atoms with E-state index < -0.39 is 17.0 Å². The molecule has 0 aliphatic carbocycles. The summed E-state index contributed by atoms with van der Waals surface area (Å²) < 4.78 is 9.30. The summed E-state index contributed by atoms with van der Waals surface area (Å²) in [5, 5.41) is 0. The lowest BCUT2D eigenvalue weighted by Gasteiger charge is -2.19. The number of hydrogen-bond acceptors (Lipinski definition) is 4. The Labute approximate surface area is 82.1 Å². The lowest BCUT2D eigenvalue weighted by Crippen LogP contribution is -2.24. The summed E-state index contributed by atoms with van der Waals surface area (Å²) in [7, 11) is 0. The first-order valence-electron chi connectivity index (χ1n) is 3.85. The van der Waals surface area contributed by atoms with Gasteiger partial charge in [-0.15, -0.1) is 0 Å². The van der Waals surface area contributed by atoms with Crippen LogP contribution in [0, 0.1) is 0 Å². The third-order valence-corrected chi connectivity index (χ3v) is 1.05. The number of carbonyl (C=O) groups is 2. The lowest BCUT2D eigenvalue weighted by molar-refractivity contribution is -0.155. The average molecular weight is 209 g/mol. The van der Waals surface area contributed by atoms with Gasteiger partial charge in [0.2, 0.25) is 0 Å². The van der Waals surface area contributed by atoms with Crippen LogP contribution < -0.4 is 0 Å². The molecule has 0 aliphatic heterocycles. The van der Waals surface area contributed by atoms with E-state index in [2.05, 4.69) is 4.74 Å². The summed E-state index contributed by atoms with van der Waals surface area (Å²) in [5.41, 5.74) is -1.43.